The molecular weight excluding hydrogens is 500 g/mol. The van der Waals surface area contributed by atoms with Gasteiger partial charge in [-0.1, -0.05) is 5.11 Å². The van der Waals surface area contributed by atoms with Crippen LogP contribution in [0, 0.1) is 0 Å². The molecule has 14 N–H and O–H groups in total. The van der Waals surface area contributed by atoms with Crippen molar-refractivity contribution >= 4 is 5.96 Å². The summed E-state index contributed by atoms with van der Waals surface area (Å²) in [5.74, 6) is -0.257. The van der Waals surface area contributed by atoms with E-state index in [2.05, 4.69) is 15.0 Å². The first kappa shape index (κ1) is 29.7. The van der Waals surface area contributed by atoms with Gasteiger partial charge in [0.1, 0.15) is 48.8 Å². The number of nitrogens with two attached hydrogens (primary N) is 4. The van der Waals surface area contributed by atoms with Gasteiger partial charge >= 0.3 is 0 Å². The van der Waals surface area contributed by atoms with Crippen LogP contribution in [0.15, 0.2) is 10.1 Å². The van der Waals surface area contributed by atoms with Crippen molar-refractivity contribution in [3.8, 4) is 0 Å². The smallest absolute Gasteiger partial charge is 0.187 e. The molecule has 18 heteroatoms. The number of nitrogens with zero attached hydrogens (tertiary/aromatic N) is 4. The average Bonchev–Trinajstić information content (AvgIpc) is 3.10. The zero-order chi connectivity index (χ0) is 27.6. The number of rotatable bonds is 8. The lowest BCUT2D eigenvalue weighted by molar-refractivity contribution is -0.315. The van der Waals surface area contributed by atoms with E-state index < -0.39 is 91.7 Å². The van der Waals surface area contributed by atoms with Gasteiger partial charge in [0.05, 0.1) is 24.9 Å². The van der Waals surface area contributed by atoms with E-state index in [0.717, 1.165) is 0 Å². The summed E-state index contributed by atoms with van der Waals surface area (Å²) in [6.07, 6.45) is -16.9. The van der Waals surface area contributed by atoms with Crippen LogP contribution in [-0.2, 0) is 18.9 Å². The van der Waals surface area contributed by atoms with Gasteiger partial charge in [-0.05, 0) is 18.9 Å². The third kappa shape index (κ3) is 6.40. The number of ether oxygens (including phenoxy) is 4. The van der Waals surface area contributed by atoms with Crippen molar-refractivity contribution in [1.29, 1.82) is 0 Å². The Labute approximate surface area is 211 Å². The van der Waals surface area contributed by atoms with Crippen LogP contribution < -0.4 is 22.9 Å². The minimum Gasteiger partial charge on any atom is -0.391 e. The number of azide groups is 1. The first-order chi connectivity index (χ1) is 17.4. The third-order valence-electron chi connectivity index (χ3n) is 6.69. The number of aliphatic hydroxyl groups excluding tert-OH is 6. The maximum atomic E-state index is 10.8. The molecule has 0 bridgehead atoms. The van der Waals surface area contributed by atoms with Gasteiger partial charge in [0.15, 0.2) is 18.5 Å². The molecule has 37 heavy (non-hydrogen) atoms. The minimum absolute atomic E-state index is 0.0550. The Balaban J connectivity index is 1.84. The molecule has 0 radical (unpaired) electrons. The SMILES string of the molecule is C[C@@H](O)C1O[C@H](O[C@@H]2C(N)C[C@@H](N)C(O)[C@H]2O[C@@H]2O[C@H](CN=C(N)N)[C@H](O)C2O)C(N=[N+]=[N-])[C@@H](O)[C@@H]1O. The van der Waals surface area contributed by atoms with E-state index in [1.807, 2.05) is 0 Å². The van der Waals surface area contributed by atoms with Crippen LogP contribution in [0.4, 0.5) is 0 Å². The molecule has 3 rings (SSSR count). The van der Waals surface area contributed by atoms with Crippen LogP contribution in [0.2, 0.25) is 0 Å². The van der Waals surface area contributed by atoms with Gasteiger partial charge in [0.2, 0.25) is 0 Å². The second-order valence-electron chi connectivity index (χ2n) is 9.43. The fraction of sp³-hybridized carbons (Fsp3) is 0.947. The van der Waals surface area contributed by atoms with E-state index in [4.69, 9.17) is 47.4 Å². The highest BCUT2D eigenvalue weighted by atomic mass is 16.7. The van der Waals surface area contributed by atoms with Crippen LogP contribution in [-0.4, -0.2) is 135 Å². The Bertz CT molecular complexity index is 846. The molecule has 2 saturated heterocycles. The van der Waals surface area contributed by atoms with E-state index in [1.165, 1.54) is 6.92 Å². The number of guanidine groups is 1. The second-order valence-corrected chi connectivity index (χ2v) is 9.43. The normalized spacial score (nSPS) is 47.2. The molecule has 212 valence electrons. The van der Waals surface area contributed by atoms with E-state index in [0.29, 0.717) is 0 Å². The Morgan fingerprint density at radius 1 is 0.946 bits per heavy atom. The Morgan fingerprint density at radius 2 is 1.59 bits per heavy atom. The second kappa shape index (κ2) is 12.3. The highest BCUT2D eigenvalue weighted by Gasteiger charge is 2.53. The fourth-order valence-corrected chi connectivity index (χ4v) is 4.66. The van der Waals surface area contributed by atoms with Crippen molar-refractivity contribution in [3.05, 3.63) is 10.4 Å². The topological polar surface area (TPSA) is 324 Å². The highest BCUT2D eigenvalue weighted by molar-refractivity contribution is 5.75. The molecule has 0 amide bonds. The van der Waals surface area contributed by atoms with Crippen LogP contribution in [0.25, 0.3) is 10.4 Å². The van der Waals surface area contributed by atoms with Crippen LogP contribution >= 0.6 is 0 Å². The Kier molecular flexibility index (Phi) is 9.86. The first-order valence-corrected chi connectivity index (χ1v) is 11.7. The van der Waals surface area contributed by atoms with Crippen molar-refractivity contribution in [1.82, 2.24) is 0 Å². The average molecular weight is 537 g/mol. The monoisotopic (exact) mass is 536 g/mol. The number of aliphatic imine (C=N–C) groups is 1. The quantitative estimate of drug-likeness (QED) is 0.0454. The highest BCUT2D eigenvalue weighted by Crippen LogP contribution is 2.33. The molecule has 0 aromatic heterocycles. The summed E-state index contributed by atoms with van der Waals surface area (Å²) < 4.78 is 22.9. The molecule has 0 aromatic carbocycles. The molecular formula is C19H36N8O10. The number of hydrogen-bond donors (Lipinski definition) is 10. The largest absolute Gasteiger partial charge is 0.391 e. The lowest BCUT2D eigenvalue weighted by atomic mass is 9.84. The molecule has 18 nitrogen and oxygen atoms in total. The third-order valence-corrected chi connectivity index (χ3v) is 6.69. The summed E-state index contributed by atoms with van der Waals surface area (Å²) in [4.78, 5) is 6.40. The predicted octanol–water partition coefficient (Wildman–Crippen LogP) is -5.60. The van der Waals surface area contributed by atoms with Gasteiger partial charge in [-0.15, -0.1) is 0 Å². The number of hydrogen-bond acceptors (Lipinski definition) is 14. The van der Waals surface area contributed by atoms with Gasteiger partial charge in [-0.2, -0.15) is 0 Å². The molecule has 0 aromatic rings. The minimum atomic E-state index is -1.67. The fourth-order valence-electron chi connectivity index (χ4n) is 4.66. The van der Waals surface area contributed by atoms with Crippen molar-refractivity contribution < 1.29 is 49.6 Å². The van der Waals surface area contributed by atoms with E-state index in [-0.39, 0.29) is 18.9 Å². The summed E-state index contributed by atoms with van der Waals surface area (Å²) in [5, 5.41) is 65.8. The Hall–Kier alpha value is -1.90. The van der Waals surface area contributed by atoms with Crippen LogP contribution in [0.1, 0.15) is 13.3 Å². The van der Waals surface area contributed by atoms with Crippen molar-refractivity contribution in [2.24, 2.45) is 33.0 Å². The molecule has 3 fully saturated rings. The van der Waals surface area contributed by atoms with Crippen LogP contribution in [0.5, 0.6) is 0 Å². The molecule has 1 aliphatic carbocycles. The maximum Gasteiger partial charge on any atom is 0.187 e. The summed E-state index contributed by atoms with van der Waals surface area (Å²) >= 11 is 0. The summed E-state index contributed by atoms with van der Waals surface area (Å²) in [6.45, 7) is 1.13. The standard InChI is InChI=1S/C19H36N8O10/c1-4(28)14-12(32)11(31)8(26-27-24)17(35-14)36-15-6(21)2-5(20)9(29)16(15)37-18-13(33)10(30)7(34-18)3-25-19(22)23/h4-18,28-33H,2-3,20-21H2,1H3,(H4,22,23,25)/t4-,5-,6?,7-,8?,9?,10+,11-,12+,13?,14?,15-,16-,17-,18+/m1/s1. The molecule has 2 aliphatic heterocycles. The molecule has 5 unspecified atom stereocenters. The first-order valence-electron chi connectivity index (χ1n) is 11.7. The molecule has 3 aliphatic rings. The van der Waals surface area contributed by atoms with Gasteiger partial charge < -0.3 is 72.5 Å². The maximum absolute atomic E-state index is 10.8. The molecule has 15 atom stereocenters. The van der Waals surface area contributed by atoms with Gasteiger partial charge in [0.25, 0.3) is 0 Å². The Morgan fingerprint density at radius 3 is 2.19 bits per heavy atom. The predicted molar refractivity (Wildman–Crippen MR) is 123 cm³/mol. The van der Waals surface area contributed by atoms with E-state index in [1.54, 1.807) is 0 Å². The van der Waals surface area contributed by atoms with E-state index >= 15 is 0 Å². The molecule has 0 spiro atoms. The zero-order valence-corrected chi connectivity index (χ0v) is 20.0. The summed E-state index contributed by atoms with van der Waals surface area (Å²) in [5.41, 5.74) is 31.8. The van der Waals surface area contributed by atoms with Crippen molar-refractivity contribution in [2.75, 3.05) is 6.54 Å². The van der Waals surface area contributed by atoms with Crippen LogP contribution in [0.3, 0.4) is 0 Å². The van der Waals surface area contributed by atoms with Gasteiger partial charge in [-0.3, -0.25) is 4.99 Å². The van der Waals surface area contributed by atoms with Crippen molar-refractivity contribution in [3.63, 3.8) is 0 Å². The van der Waals surface area contributed by atoms with Crippen molar-refractivity contribution in [2.45, 2.75) is 105 Å². The molecule has 2 heterocycles. The van der Waals surface area contributed by atoms with Gasteiger partial charge in [0, 0.05) is 17.0 Å². The lowest BCUT2D eigenvalue weighted by Crippen LogP contribution is -2.67. The lowest BCUT2D eigenvalue weighted by Gasteiger charge is -2.47. The number of aliphatic hydroxyl groups is 6. The zero-order valence-electron chi connectivity index (χ0n) is 20.0. The van der Waals surface area contributed by atoms with E-state index in [9.17, 15) is 30.6 Å². The molecule has 1 saturated carbocycles. The van der Waals surface area contributed by atoms with Gasteiger partial charge in [-0.25, -0.2) is 0 Å². The summed E-state index contributed by atoms with van der Waals surface area (Å²) in [7, 11) is 0. The summed E-state index contributed by atoms with van der Waals surface area (Å²) in [6, 6.07) is -3.23.